The highest BCUT2D eigenvalue weighted by molar-refractivity contribution is 6.18. The first-order chi connectivity index (χ1) is 3.95. The minimum atomic E-state index is -0.369. The molecular formula is C6H15ClFNO. The number of halogens is 2. The van der Waals surface area contributed by atoms with E-state index in [-0.39, 0.29) is 10.8 Å². The molecule has 2 nitrogen and oxygen atoms in total. The Labute approximate surface area is 66.4 Å². The Hall–Kier alpha value is 0.140. The van der Waals surface area contributed by atoms with Crippen molar-refractivity contribution in [2.24, 2.45) is 0 Å². The van der Waals surface area contributed by atoms with Crippen molar-refractivity contribution in [3.05, 3.63) is 0 Å². The molecule has 0 bridgehead atoms. The number of hydrogen-bond acceptors (Lipinski definition) is 1. The monoisotopic (exact) mass is 171 g/mol. The van der Waals surface area contributed by atoms with Crippen LogP contribution in [0.1, 0.15) is 0 Å². The van der Waals surface area contributed by atoms with Crippen LogP contribution in [-0.4, -0.2) is 49.3 Å². The molecule has 64 valence electrons. The third-order valence-electron chi connectivity index (χ3n) is 0.937. The quantitative estimate of drug-likeness (QED) is 0.362. The molecule has 0 fully saturated rings. The van der Waals surface area contributed by atoms with Gasteiger partial charge in [0.2, 0.25) is 0 Å². The Kier molecular flexibility index (Phi) is 6.24. The lowest BCUT2D eigenvalue weighted by Gasteiger charge is -2.25. The van der Waals surface area contributed by atoms with E-state index in [2.05, 4.69) is 0 Å². The molecule has 0 aliphatic rings. The second-order valence-electron chi connectivity index (χ2n) is 3.28. The molecule has 0 rings (SSSR count). The van der Waals surface area contributed by atoms with E-state index >= 15 is 0 Å². The molecule has 1 unspecified atom stereocenters. The fourth-order valence-electron chi connectivity index (χ4n) is 0.681. The van der Waals surface area contributed by atoms with Gasteiger partial charge in [0.05, 0.1) is 27.0 Å². The van der Waals surface area contributed by atoms with Crippen LogP contribution in [0.3, 0.4) is 0 Å². The number of alkyl halides is 1. The molecule has 0 spiro atoms. The van der Waals surface area contributed by atoms with Gasteiger partial charge >= 0.3 is 0 Å². The molecule has 0 aromatic rings. The molecular weight excluding hydrogens is 157 g/mol. The topological polar surface area (TPSA) is 20.2 Å². The largest absolute Gasteiger partial charge is 1.00 e. The smallest absolute Gasteiger partial charge is 0.116 e. The molecule has 0 aliphatic carbocycles. The first kappa shape index (κ1) is 12.8. The fourth-order valence-corrected chi connectivity index (χ4v) is 0.779. The molecule has 0 aliphatic heterocycles. The number of quaternary nitrogens is 1. The van der Waals surface area contributed by atoms with E-state index in [0.717, 1.165) is 4.48 Å². The van der Waals surface area contributed by atoms with E-state index in [4.69, 9.17) is 16.7 Å². The molecule has 0 aromatic carbocycles. The van der Waals surface area contributed by atoms with Crippen molar-refractivity contribution in [3.63, 3.8) is 0 Å². The average Bonchev–Trinajstić information content (AvgIpc) is 1.62. The fraction of sp³-hybridized carbons (Fsp3) is 1.00. The normalized spacial score (nSPS) is 14.1. The Morgan fingerprint density at radius 1 is 1.40 bits per heavy atom. The lowest BCUT2D eigenvalue weighted by Crippen LogP contribution is -3.00. The zero-order valence-corrected chi connectivity index (χ0v) is 7.40. The molecule has 1 atom stereocenters. The van der Waals surface area contributed by atoms with Gasteiger partial charge in [0.25, 0.3) is 0 Å². The number of nitrogens with zero attached hydrogens (tertiary/aromatic N) is 1. The van der Waals surface area contributed by atoms with Crippen LogP contribution in [0.4, 0.5) is 0 Å². The maximum Gasteiger partial charge on any atom is 0.116 e. The predicted molar refractivity (Wildman–Crippen MR) is 39.6 cm³/mol. The minimum Gasteiger partial charge on any atom is -1.00 e. The lowest BCUT2D eigenvalue weighted by molar-refractivity contribution is -0.873. The third kappa shape index (κ3) is 8.14. The summed E-state index contributed by atoms with van der Waals surface area (Å²) in [5.74, 6) is 0.329. The molecule has 0 heterocycles. The summed E-state index contributed by atoms with van der Waals surface area (Å²) in [6.07, 6.45) is -0.369. The zero-order chi connectivity index (χ0) is 7.49. The van der Waals surface area contributed by atoms with Gasteiger partial charge < -0.3 is 14.3 Å². The SMILES string of the molecule is C[N+](C)(C)CC(O)CCl.[F-]. The van der Waals surface area contributed by atoms with E-state index < -0.39 is 0 Å². The maximum atomic E-state index is 9.05. The summed E-state index contributed by atoms with van der Waals surface area (Å²) in [7, 11) is 6.07. The summed E-state index contributed by atoms with van der Waals surface area (Å²) in [5.41, 5.74) is 0. The Bertz CT molecular complexity index is 84.3. The first-order valence-corrected chi connectivity index (χ1v) is 3.53. The summed E-state index contributed by atoms with van der Waals surface area (Å²) in [5, 5.41) is 9.05. The van der Waals surface area contributed by atoms with Gasteiger partial charge in [0, 0.05) is 0 Å². The van der Waals surface area contributed by atoms with Crippen molar-refractivity contribution in [1.29, 1.82) is 0 Å². The van der Waals surface area contributed by atoms with Crippen LogP contribution in [0.25, 0.3) is 0 Å². The van der Waals surface area contributed by atoms with Crippen molar-refractivity contribution < 1.29 is 14.3 Å². The maximum absolute atomic E-state index is 9.05. The van der Waals surface area contributed by atoms with Gasteiger partial charge in [-0.3, -0.25) is 0 Å². The Morgan fingerprint density at radius 2 is 1.80 bits per heavy atom. The average molecular weight is 172 g/mol. The van der Waals surface area contributed by atoms with Crippen LogP contribution >= 0.6 is 11.6 Å². The van der Waals surface area contributed by atoms with Crippen LogP contribution in [0.2, 0.25) is 0 Å². The number of aliphatic hydroxyl groups is 1. The number of rotatable bonds is 3. The van der Waals surface area contributed by atoms with Crippen molar-refractivity contribution in [2.45, 2.75) is 6.10 Å². The van der Waals surface area contributed by atoms with E-state index in [1.54, 1.807) is 0 Å². The van der Waals surface area contributed by atoms with E-state index in [1.165, 1.54) is 0 Å². The minimum absolute atomic E-state index is 0. The van der Waals surface area contributed by atoms with Crippen molar-refractivity contribution >= 4 is 11.6 Å². The number of aliphatic hydroxyl groups excluding tert-OH is 1. The molecule has 0 amide bonds. The van der Waals surface area contributed by atoms with Crippen molar-refractivity contribution in [3.8, 4) is 0 Å². The van der Waals surface area contributed by atoms with Crippen molar-refractivity contribution in [1.82, 2.24) is 0 Å². The van der Waals surface area contributed by atoms with Gasteiger partial charge in [-0.1, -0.05) is 0 Å². The summed E-state index contributed by atoms with van der Waals surface area (Å²) in [4.78, 5) is 0. The molecule has 1 N–H and O–H groups in total. The van der Waals surface area contributed by atoms with Crippen LogP contribution in [0.5, 0.6) is 0 Å². The molecule has 10 heavy (non-hydrogen) atoms. The summed E-state index contributed by atoms with van der Waals surface area (Å²) < 4.78 is 0.758. The van der Waals surface area contributed by atoms with Gasteiger partial charge in [-0.2, -0.15) is 0 Å². The highest BCUT2D eigenvalue weighted by Crippen LogP contribution is 1.95. The van der Waals surface area contributed by atoms with Crippen LogP contribution in [0.15, 0.2) is 0 Å². The Balaban J connectivity index is 0. The van der Waals surface area contributed by atoms with Crippen LogP contribution < -0.4 is 4.70 Å². The van der Waals surface area contributed by atoms with Gasteiger partial charge in [-0.25, -0.2) is 0 Å². The first-order valence-electron chi connectivity index (χ1n) is 3.00. The summed E-state index contributed by atoms with van der Waals surface area (Å²) in [6.45, 7) is 0.712. The molecule has 4 heteroatoms. The van der Waals surface area contributed by atoms with E-state index in [0.29, 0.717) is 12.4 Å². The number of hydrogen-bond donors (Lipinski definition) is 1. The van der Waals surface area contributed by atoms with Crippen LogP contribution in [-0.2, 0) is 0 Å². The number of likely N-dealkylation sites (N-methyl/N-ethyl adjacent to an activating group) is 1. The third-order valence-corrected chi connectivity index (χ3v) is 1.29. The predicted octanol–water partition coefficient (Wildman–Crippen LogP) is -2.70. The van der Waals surface area contributed by atoms with Crippen molar-refractivity contribution in [2.75, 3.05) is 33.6 Å². The highest BCUT2D eigenvalue weighted by atomic mass is 35.5. The van der Waals surface area contributed by atoms with E-state index in [9.17, 15) is 0 Å². The summed E-state index contributed by atoms with van der Waals surface area (Å²) in [6, 6.07) is 0. The van der Waals surface area contributed by atoms with Gasteiger partial charge in [-0.05, 0) is 0 Å². The zero-order valence-electron chi connectivity index (χ0n) is 6.64. The molecule has 0 saturated carbocycles. The second-order valence-corrected chi connectivity index (χ2v) is 3.59. The van der Waals surface area contributed by atoms with Gasteiger partial charge in [0.1, 0.15) is 12.6 Å². The van der Waals surface area contributed by atoms with Gasteiger partial charge in [0.15, 0.2) is 0 Å². The second kappa shape index (κ2) is 4.88. The van der Waals surface area contributed by atoms with Gasteiger partial charge in [-0.15, -0.1) is 11.6 Å². The lowest BCUT2D eigenvalue weighted by atomic mass is 10.3. The standard InChI is InChI=1S/C6H15ClNO.FH/c1-8(2,3)5-6(9)4-7;/h6,9H,4-5H2,1-3H3;1H/q+1;/p-1. The Morgan fingerprint density at radius 3 is 1.90 bits per heavy atom. The highest BCUT2D eigenvalue weighted by Gasteiger charge is 2.13. The molecule has 0 aromatic heterocycles. The molecule has 0 radical (unpaired) electrons. The van der Waals surface area contributed by atoms with E-state index in [1.807, 2.05) is 21.1 Å². The summed E-state index contributed by atoms with van der Waals surface area (Å²) >= 11 is 5.40. The molecule has 0 saturated heterocycles. The van der Waals surface area contributed by atoms with Crippen LogP contribution in [0, 0.1) is 0 Å².